The lowest BCUT2D eigenvalue weighted by molar-refractivity contribution is -0.136. The van der Waals surface area contributed by atoms with E-state index in [4.69, 9.17) is 0 Å². The van der Waals surface area contributed by atoms with Gasteiger partial charge in [0.2, 0.25) is 0 Å². The molecular weight excluding hydrogens is 273 g/mol. The Morgan fingerprint density at radius 2 is 2.00 bits per heavy atom. The molecule has 0 aromatic heterocycles. The summed E-state index contributed by atoms with van der Waals surface area (Å²) in [4.78, 5) is 25.8. The zero-order valence-electron chi connectivity index (χ0n) is 12.1. The number of benzene rings is 1. The Labute approximate surface area is 123 Å². The van der Waals surface area contributed by atoms with Crippen LogP contribution in [-0.2, 0) is 9.59 Å². The van der Waals surface area contributed by atoms with Crippen LogP contribution in [-0.4, -0.2) is 42.4 Å². The molecule has 21 heavy (non-hydrogen) atoms. The van der Waals surface area contributed by atoms with E-state index >= 15 is 0 Å². The monoisotopic (exact) mass is 293 g/mol. The third kappa shape index (κ3) is 4.26. The van der Waals surface area contributed by atoms with Crippen molar-refractivity contribution < 1.29 is 14.0 Å². The number of carbonyl (C=O) groups is 2. The Bertz CT molecular complexity index is 504. The van der Waals surface area contributed by atoms with E-state index in [9.17, 15) is 14.0 Å². The normalized spacial score (nSPS) is 18.5. The van der Waals surface area contributed by atoms with Gasteiger partial charge in [-0.3, -0.25) is 14.5 Å². The smallest absolute Gasteiger partial charge is 0.313 e. The van der Waals surface area contributed by atoms with Crippen LogP contribution >= 0.6 is 0 Å². The molecule has 0 unspecified atom stereocenters. The lowest BCUT2D eigenvalue weighted by atomic mass is 10.2. The molecule has 0 spiro atoms. The van der Waals surface area contributed by atoms with Crippen LogP contribution in [0, 0.1) is 5.82 Å². The molecule has 0 bridgehead atoms. The number of nitrogens with zero attached hydrogens (tertiary/aromatic N) is 1. The number of amides is 2. The summed E-state index contributed by atoms with van der Waals surface area (Å²) in [5.41, 5.74) is 0.396. The molecule has 2 amide bonds. The number of nitrogens with one attached hydrogen (secondary N) is 2. The summed E-state index contributed by atoms with van der Waals surface area (Å²) in [5, 5.41) is 5.09. The molecule has 1 aliphatic rings. The van der Waals surface area contributed by atoms with E-state index in [0.717, 1.165) is 25.9 Å². The summed E-state index contributed by atoms with van der Waals surface area (Å²) < 4.78 is 12.7. The average molecular weight is 293 g/mol. The maximum Gasteiger partial charge on any atom is 0.313 e. The zero-order valence-corrected chi connectivity index (χ0v) is 12.1. The van der Waals surface area contributed by atoms with Crippen molar-refractivity contribution in [3.05, 3.63) is 30.1 Å². The standard InChI is InChI=1S/C15H20FN3O2/c1-2-19-9-3-4-13(19)10-17-14(20)15(21)18-12-7-5-11(16)6-8-12/h5-8,13H,2-4,9-10H2,1H3,(H,17,20)(H,18,21)/t13-/m0/s1. The quantitative estimate of drug-likeness (QED) is 0.824. The van der Waals surface area contributed by atoms with Crippen LogP contribution in [0.2, 0.25) is 0 Å². The first-order valence-electron chi connectivity index (χ1n) is 7.19. The van der Waals surface area contributed by atoms with Crippen molar-refractivity contribution in [2.24, 2.45) is 0 Å². The van der Waals surface area contributed by atoms with Gasteiger partial charge >= 0.3 is 11.8 Å². The van der Waals surface area contributed by atoms with E-state index in [1.807, 2.05) is 0 Å². The van der Waals surface area contributed by atoms with Gasteiger partial charge in [-0.1, -0.05) is 6.92 Å². The minimum Gasteiger partial charge on any atom is -0.346 e. The second-order valence-corrected chi connectivity index (χ2v) is 5.10. The van der Waals surface area contributed by atoms with Gasteiger partial charge in [-0.25, -0.2) is 4.39 Å². The predicted molar refractivity (Wildman–Crippen MR) is 78.3 cm³/mol. The second kappa shape index (κ2) is 7.17. The van der Waals surface area contributed by atoms with Gasteiger partial charge < -0.3 is 10.6 Å². The van der Waals surface area contributed by atoms with E-state index in [1.165, 1.54) is 24.3 Å². The van der Waals surface area contributed by atoms with Crippen LogP contribution < -0.4 is 10.6 Å². The first kappa shape index (κ1) is 15.4. The van der Waals surface area contributed by atoms with Crippen molar-refractivity contribution in [1.29, 1.82) is 0 Å². The van der Waals surface area contributed by atoms with Crippen molar-refractivity contribution in [3.8, 4) is 0 Å². The minimum absolute atomic E-state index is 0.303. The third-order valence-corrected chi connectivity index (χ3v) is 3.71. The molecule has 5 nitrogen and oxygen atoms in total. The number of halogens is 1. The van der Waals surface area contributed by atoms with E-state index < -0.39 is 17.6 Å². The molecule has 0 aliphatic carbocycles. The van der Waals surface area contributed by atoms with Gasteiger partial charge in [0.05, 0.1) is 0 Å². The Morgan fingerprint density at radius 1 is 1.29 bits per heavy atom. The Kier molecular flexibility index (Phi) is 5.27. The van der Waals surface area contributed by atoms with E-state index in [1.54, 1.807) is 0 Å². The number of hydrogen-bond donors (Lipinski definition) is 2. The summed E-state index contributed by atoms with van der Waals surface area (Å²) in [5.74, 6) is -1.79. The maximum atomic E-state index is 12.7. The first-order chi connectivity index (χ1) is 10.1. The summed E-state index contributed by atoms with van der Waals surface area (Å²) in [6.07, 6.45) is 2.16. The number of hydrogen-bond acceptors (Lipinski definition) is 3. The van der Waals surface area contributed by atoms with Crippen LogP contribution in [0.3, 0.4) is 0 Å². The second-order valence-electron chi connectivity index (χ2n) is 5.10. The Hall–Kier alpha value is -1.95. The predicted octanol–water partition coefficient (Wildman–Crippen LogP) is 1.36. The fourth-order valence-corrected chi connectivity index (χ4v) is 2.55. The van der Waals surface area contributed by atoms with Crippen LogP contribution in [0.4, 0.5) is 10.1 Å². The highest BCUT2D eigenvalue weighted by Crippen LogP contribution is 2.15. The lowest BCUT2D eigenvalue weighted by Crippen LogP contribution is -2.43. The SMILES string of the molecule is CCN1CCC[C@H]1CNC(=O)C(=O)Nc1ccc(F)cc1. The van der Waals surface area contributed by atoms with Crippen molar-refractivity contribution in [2.75, 3.05) is 25.0 Å². The van der Waals surface area contributed by atoms with Gasteiger partial charge in [-0.2, -0.15) is 0 Å². The van der Waals surface area contributed by atoms with E-state index in [2.05, 4.69) is 22.5 Å². The summed E-state index contributed by atoms with van der Waals surface area (Å²) >= 11 is 0. The lowest BCUT2D eigenvalue weighted by Gasteiger charge is -2.22. The molecule has 0 radical (unpaired) electrons. The number of anilines is 1. The maximum absolute atomic E-state index is 12.7. The van der Waals surface area contributed by atoms with Crippen LogP contribution in [0.1, 0.15) is 19.8 Å². The van der Waals surface area contributed by atoms with Gasteiger partial charge in [0.1, 0.15) is 5.82 Å². The van der Waals surface area contributed by atoms with Gasteiger partial charge in [0, 0.05) is 18.3 Å². The molecular formula is C15H20FN3O2. The molecule has 6 heteroatoms. The van der Waals surface area contributed by atoms with Crippen molar-refractivity contribution in [2.45, 2.75) is 25.8 Å². The highest BCUT2D eigenvalue weighted by atomic mass is 19.1. The van der Waals surface area contributed by atoms with Crippen molar-refractivity contribution in [1.82, 2.24) is 10.2 Å². The fourth-order valence-electron chi connectivity index (χ4n) is 2.55. The number of carbonyl (C=O) groups excluding carboxylic acids is 2. The van der Waals surface area contributed by atoms with Crippen molar-refractivity contribution in [3.63, 3.8) is 0 Å². The van der Waals surface area contributed by atoms with Crippen LogP contribution in [0.25, 0.3) is 0 Å². The molecule has 2 N–H and O–H groups in total. The zero-order chi connectivity index (χ0) is 15.2. The van der Waals surface area contributed by atoms with Crippen LogP contribution in [0.5, 0.6) is 0 Å². The molecule has 1 aromatic rings. The molecule has 1 heterocycles. The number of likely N-dealkylation sites (N-methyl/N-ethyl adjacent to an activating group) is 1. The van der Waals surface area contributed by atoms with E-state index in [-0.39, 0.29) is 0 Å². The Morgan fingerprint density at radius 3 is 2.67 bits per heavy atom. The summed E-state index contributed by atoms with van der Waals surface area (Å²) in [6, 6.07) is 5.58. The molecule has 1 atom stereocenters. The number of rotatable bonds is 4. The summed E-state index contributed by atoms with van der Waals surface area (Å²) in [7, 11) is 0. The topological polar surface area (TPSA) is 61.4 Å². The number of likely N-dealkylation sites (tertiary alicyclic amines) is 1. The van der Waals surface area contributed by atoms with Gasteiger partial charge in [0.25, 0.3) is 0 Å². The molecule has 1 aromatic carbocycles. The summed E-state index contributed by atoms with van der Waals surface area (Å²) in [6.45, 7) is 4.55. The fraction of sp³-hybridized carbons (Fsp3) is 0.467. The third-order valence-electron chi connectivity index (χ3n) is 3.71. The Balaban J connectivity index is 1.80. The molecule has 1 fully saturated rings. The minimum atomic E-state index is -0.734. The molecule has 0 saturated carbocycles. The molecule has 1 saturated heterocycles. The first-order valence-corrected chi connectivity index (χ1v) is 7.19. The van der Waals surface area contributed by atoms with Crippen molar-refractivity contribution >= 4 is 17.5 Å². The van der Waals surface area contributed by atoms with Gasteiger partial charge in [0.15, 0.2) is 0 Å². The van der Waals surface area contributed by atoms with Gasteiger partial charge in [-0.15, -0.1) is 0 Å². The molecule has 2 rings (SSSR count). The highest BCUT2D eigenvalue weighted by molar-refractivity contribution is 6.39. The van der Waals surface area contributed by atoms with Crippen LogP contribution in [0.15, 0.2) is 24.3 Å². The molecule has 1 aliphatic heterocycles. The van der Waals surface area contributed by atoms with E-state index in [0.29, 0.717) is 18.3 Å². The molecule has 114 valence electrons. The van der Waals surface area contributed by atoms with Gasteiger partial charge in [-0.05, 0) is 50.2 Å². The average Bonchev–Trinajstić information content (AvgIpc) is 2.94. The highest BCUT2D eigenvalue weighted by Gasteiger charge is 2.24. The largest absolute Gasteiger partial charge is 0.346 e.